The van der Waals surface area contributed by atoms with Crippen LogP contribution in [0.15, 0.2) is 24.5 Å². The van der Waals surface area contributed by atoms with Crippen LogP contribution in [0.25, 0.3) is 0 Å². The molecule has 2 aromatic rings. The van der Waals surface area contributed by atoms with Gasteiger partial charge in [0, 0.05) is 12.1 Å². The largest absolute Gasteiger partial charge is 0.451 e. The van der Waals surface area contributed by atoms with E-state index in [9.17, 15) is 10.1 Å². The fraction of sp³-hybridized carbons (Fsp3) is 0. The molecular formula is C10H4Cl3N3O3. The number of hydrogen-bond donors (Lipinski definition) is 0. The average Bonchev–Trinajstić information content (AvgIpc) is 2.35. The number of aromatic nitrogens is 2. The summed E-state index contributed by atoms with van der Waals surface area (Å²) in [5.41, 5.74) is -0.227. The Labute approximate surface area is 122 Å². The van der Waals surface area contributed by atoms with Crippen molar-refractivity contribution in [2.24, 2.45) is 0 Å². The summed E-state index contributed by atoms with van der Waals surface area (Å²) in [6.45, 7) is 0. The van der Waals surface area contributed by atoms with Crippen LogP contribution in [0.4, 0.5) is 5.69 Å². The quantitative estimate of drug-likeness (QED) is 0.482. The number of rotatable bonds is 3. The van der Waals surface area contributed by atoms with Crippen LogP contribution < -0.4 is 4.74 Å². The number of halogens is 3. The first kappa shape index (κ1) is 13.8. The molecule has 0 fully saturated rings. The highest BCUT2D eigenvalue weighted by Crippen LogP contribution is 2.39. The minimum absolute atomic E-state index is 0.00847. The predicted octanol–water partition coefficient (Wildman–Crippen LogP) is 4.14. The van der Waals surface area contributed by atoms with E-state index in [1.165, 1.54) is 12.4 Å². The maximum absolute atomic E-state index is 10.6. The van der Waals surface area contributed by atoms with Crippen LogP contribution in [-0.4, -0.2) is 14.9 Å². The maximum Gasteiger partial charge on any atom is 0.272 e. The summed E-state index contributed by atoms with van der Waals surface area (Å²) < 4.78 is 5.36. The Morgan fingerprint density at radius 3 is 2.11 bits per heavy atom. The topological polar surface area (TPSA) is 78.2 Å². The summed E-state index contributed by atoms with van der Waals surface area (Å²) in [6.07, 6.45) is 2.65. The molecule has 0 amide bonds. The predicted molar refractivity (Wildman–Crippen MR) is 70.2 cm³/mol. The van der Waals surface area contributed by atoms with Gasteiger partial charge in [-0.1, -0.05) is 23.2 Å². The first-order valence-corrected chi connectivity index (χ1v) is 5.89. The molecule has 6 nitrogen and oxygen atoms in total. The Balaban J connectivity index is 2.35. The van der Waals surface area contributed by atoms with Crippen molar-refractivity contribution in [1.29, 1.82) is 0 Å². The van der Waals surface area contributed by atoms with Crippen LogP contribution in [0.5, 0.6) is 11.5 Å². The SMILES string of the molecule is O=[N+]([O-])c1cc(Cl)c(Oc2cnc(Cl)nc2)c(Cl)c1. The number of hydrogen-bond acceptors (Lipinski definition) is 5. The number of nitro groups is 1. The molecule has 0 unspecified atom stereocenters. The Kier molecular flexibility index (Phi) is 4.04. The Hall–Kier alpha value is -1.63. The van der Waals surface area contributed by atoms with Crippen LogP contribution in [0.3, 0.4) is 0 Å². The van der Waals surface area contributed by atoms with Crippen molar-refractivity contribution in [1.82, 2.24) is 9.97 Å². The Bertz CT molecular complexity index is 611. The Morgan fingerprint density at radius 2 is 1.63 bits per heavy atom. The van der Waals surface area contributed by atoms with Crippen molar-refractivity contribution in [3.63, 3.8) is 0 Å². The van der Waals surface area contributed by atoms with Gasteiger partial charge < -0.3 is 4.74 Å². The van der Waals surface area contributed by atoms with Gasteiger partial charge >= 0.3 is 0 Å². The summed E-state index contributed by atoms with van der Waals surface area (Å²) in [5.74, 6) is 0.335. The van der Waals surface area contributed by atoms with Crippen LogP contribution >= 0.6 is 34.8 Å². The second kappa shape index (κ2) is 5.56. The van der Waals surface area contributed by atoms with Gasteiger partial charge in [-0.25, -0.2) is 9.97 Å². The van der Waals surface area contributed by atoms with Crippen LogP contribution in [0.2, 0.25) is 15.3 Å². The minimum atomic E-state index is -0.604. The summed E-state index contributed by atoms with van der Waals surface area (Å²) in [7, 11) is 0. The molecule has 0 spiro atoms. The third-order valence-corrected chi connectivity index (χ3v) is 2.77. The number of ether oxygens (including phenoxy) is 1. The van der Waals surface area contributed by atoms with E-state index in [0.717, 1.165) is 12.1 Å². The van der Waals surface area contributed by atoms with E-state index in [1.807, 2.05) is 0 Å². The van der Waals surface area contributed by atoms with Gasteiger partial charge in [0.1, 0.15) is 0 Å². The minimum Gasteiger partial charge on any atom is -0.451 e. The lowest BCUT2D eigenvalue weighted by molar-refractivity contribution is -0.384. The second-order valence-corrected chi connectivity index (χ2v) is 4.44. The average molecular weight is 321 g/mol. The molecule has 1 aromatic carbocycles. The standard InChI is InChI=1S/C10H4Cl3N3O3/c11-7-1-5(16(17)18)2-8(12)9(7)19-6-3-14-10(13)15-4-6/h1-4H. The molecule has 19 heavy (non-hydrogen) atoms. The Morgan fingerprint density at radius 1 is 1.11 bits per heavy atom. The van der Waals surface area contributed by atoms with Gasteiger partial charge in [-0.15, -0.1) is 0 Å². The van der Waals surface area contributed by atoms with E-state index in [-0.39, 0.29) is 32.5 Å². The highest BCUT2D eigenvalue weighted by atomic mass is 35.5. The number of nitrogens with zero attached hydrogens (tertiary/aromatic N) is 3. The molecule has 0 aliphatic rings. The lowest BCUT2D eigenvalue weighted by Crippen LogP contribution is -1.92. The van der Waals surface area contributed by atoms with Gasteiger partial charge in [0.2, 0.25) is 5.28 Å². The lowest BCUT2D eigenvalue weighted by atomic mass is 10.3. The molecule has 9 heteroatoms. The normalized spacial score (nSPS) is 10.3. The fourth-order valence-electron chi connectivity index (χ4n) is 1.22. The molecule has 0 bridgehead atoms. The highest BCUT2D eigenvalue weighted by Gasteiger charge is 2.16. The summed E-state index contributed by atoms with van der Waals surface area (Å²) >= 11 is 17.3. The maximum atomic E-state index is 10.6. The zero-order valence-electron chi connectivity index (χ0n) is 9.01. The van der Waals surface area contributed by atoms with Crippen LogP contribution in [0.1, 0.15) is 0 Å². The number of nitro benzene ring substituents is 1. The zero-order valence-corrected chi connectivity index (χ0v) is 11.3. The van der Waals surface area contributed by atoms with Crippen molar-refractivity contribution < 1.29 is 9.66 Å². The fourth-order valence-corrected chi connectivity index (χ4v) is 1.87. The second-order valence-electron chi connectivity index (χ2n) is 3.29. The molecule has 0 saturated carbocycles. The molecular weight excluding hydrogens is 316 g/mol. The van der Waals surface area contributed by atoms with Gasteiger partial charge in [-0.05, 0) is 11.6 Å². The number of benzene rings is 1. The summed E-state index contributed by atoms with van der Waals surface area (Å²) in [4.78, 5) is 17.5. The zero-order chi connectivity index (χ0) is 14.0. The van der Waals surface area contributed by atoms with Crippen molar-refractivity contribution in [3.8, 4) is 11.5 Å². The van der Waals surface area contributed by atoms with E-state index >= 15 is 0 Å². The van der Waals surface area contributed by atoms with E-state index in [4.69, 9.17) is 39.5 Å². The van der Waals surface area contributed by atoms with Crippen molar-refractivity contribution in [2.75, 3.05) is 0 Å². The third-order valence-electron chi connectivity index (χ3n) is 2.01. The van der Waals surface area contributed by atoms with Crippen molar-refractivity contribution in [3.05, 3.63) is 50.0 Å². The summed E-state index contributed by atoms with van der Waals surface area (Å²) in [5, 5.41) is 10.7. The van der Waals surface area contributed by atoms with E-state index < -0.39 is 4.92 Å². The van der Waals surface area contributed by atoms with Crippen molar-refractivity contribution in [2.45, 2.75) is 0 Å². The summed E-state index contributed by atoms with van der Waals surface area (Å²) in [6, 6.07) is 2.28. The van der Waals surface area contributed by atoms with E-state index in [1.54, 1.807) is 0 Å². The van der Waals surface area contributed by atoms with E-state index in [2.05, 4.69) is 9.97 Å². The van der Waals surface area contributed by atoms with Crippen LogP contribution in [0, 0.1) is 10.1 Å². The first-order chi connectivity index (χ1) is 8.97. The smallest absolute Gasteiger partial charge is 0.272 e. The van der Waals surface area contributed by atoms with Crippen LogP contribution in [-0.2, 0) is 0 Å². The number of non-ortho nitro benzene ring substituents is 1. The van der Waals surface area contributed by atoms with Gasteiger partial charge in [0.15, 0.2) is 11.5 Å². The molecule has 0 atom stereocenters. The van der Waals surface area contributed by atoms with E-state index in [0.29, 0.717) is 0 Å². The molecule has 0 aliphatic carbocycles. The van der Waals surface area contributed by atoms with Gasteiger partial charge in [0.25, 0.3) is 5.69 Å². The molecule has 1 aromatic heterocycles. The molecule has 2 rings (SSSR count). The molecule has 98 valence electrons. The van der Waals surface area contributed by atoms with Gasteiger partial charge in [-0.3, -0.25) is 10.1 Å². The molecule has 1 heterocycles. The lowest BCUT2D eigenvalue weighted by Gasteiger charge is -2.08. The molecule has 0 aliphatic heterocycles. The first-order valence-electron chi connectivity index (χ1n) is 4.76. The molecule has 0 radical (unpaired) electrons. The van der Waals surface area contributed by atoms with Gasteiger partial charge in [0.05, 0.1) is 27.4 Å². The monoisotopic (exact) mass is 319 g/mol. The molecule has 0 N–H and O–H groups in total. The molecule has 0 saturated heterocycles. The highest BCUT2D eigenvalue weighted by molar-refractivity contribution is 6.37. The van der Waals surface area contributed by atoms with Crippen molar-refractivity contribution >= 4 is 40.5 Å². The third kappa shape index (κ3) is 3.23. The van der Waals surface area contributed by atoms with Gasteiger partial charge in [-0.2, -0.15) is 0 Å².